The summed E-state index contributed by atoms with van der Waals surface area (Å²) in [7, 11) is 0. The Hall–Kier alpha value is -2.60. The number of ether oxygens (including phenoxy) is 2. The Labute approximate surface area is 214 Å². The van der Waals surface area contributed by atoms with E-state index in [0.29, 0.717) is 50.8 Å². The summed E-state index contributed by atoms with van der Waals surface area (Å²) >= 11 is 14.5. The molecule has 0 radical (unpaired) electrons. The monoisotopic (exact) mass is 541 g/mol. The van der Waals surface area contributed by atoms with E-state index in [1.54, 1.807) is 41.1 Å². The molecule has 1 aromatic carbocycles. The average molecular weight is 542 g/mol. The van der Waals surface area contributed by atoms with E-state index < -0.39 is 0 Å². The molecular formula is C21H21Cl2N5O4S2. The molecule has 0 aliphatic rings. The molecule has 0 aliphatic heterocycles. The van der Waals surface area contributed by atoms with Crippen molar-refractivity contribution in [2.75, 3.05) is 17.7 Å². The third-order valence-corrected chi connectivity index (χ3v) is 6.42. The van der Waals surface area contributed by atoms with Crippen molar-refractivity contribution in [1.29, 1.82) is 0 Å². The van der Waals surface area contributed by atoms with Crippen LogP contribution >= 0.6 is 46.3 Å². The summed E-state index contributed by atoms with van der Waals surface area (Å²) in [6, 6.07) is 4.95. The number of thioether (sulfide) groups is 1. The first-order valence-corrected chi connectivity index (χ1v) is 12.6. The van der Waals surface area contributed by atoms with Gasteiger partial charge in [0.25, 0.3) is 0 Å². The minimum absolute atomic E-state index is 0.0612. The molecule has 9 nitrogen and oxygen atoms in total. The molecule has 2 heterocycles. The quantitative estimate of drug-likeness (QED) is 0.200. The number of thiazole rings is 1. The Kier molecular flexibility index (Phi) is 9.75. The van der Waals surface area contributed by atoms with Gasteiger partial charge >= 0.3 is 5.97 Å². The summed E-state index contributed by atoms with van der Waals surface area (Å²) in [6.45, 7) is 6.37. The van der Waals surface area contributed by atoms with Gasteiger partial charge in [0, 0.05) is 16.9 Å². The van der Waals surface area contributed by atoms with Crippen molar-refractivity contribution >= 4 is 63.3 Å². The van der Waals surface area contributed by atoms with Crippen LogP contribution in [0.3, 0.4) is 0 Å². The standard InChI is InChI=1S/C21H21Cl2N5O4S2/c1-3-7-28-17(10-32-16-6-5-13(22)8-15(16)23)26-27-21(28)34-12-18(29)25-20-24-14(11-33-20)9-19(30)31-4-2/h3,5-6,8,11H,1,4,7,9-10,12H2,2H3,(H,24,25,29). The van der Waals surface area contributed by atoms with Crippen molar-refractivity contribution in [2.24, 2.45) is 0 Å². The highest BCUT2D eigenvalue weighted by atomic mass is 35.5. The third kappa shape index (κ3) is 7.45. The summed E-state index contributed by atoms with van der Waals surface area (Å²) in [4.78, 5) is 28.2. The predicted molar refractivity (Wildman–Crippen MR) is 133 cm³/mol. The summed E-state index contributed by atoms with van der Waals surface area (Å²) in [5.74, 6) is 0.490. The zero-order valence-electron chi connectivity index (χ0n) is 18.1. The Bertz CT molecular complexity index is 1170. The maximum absolute atomic E-state index is 12.4. The molecule has 3 aromatic rings. The molecule has 34 heavy (non-hydrogen) atoms. The first-order valence-electron chi connectivity index (χ1n) is 10.0. The van der Waals surface area contributed by atoms with Crippen LogP contribution in [0, 0.1) is 0 Å². The molecule has 0 bridgehead atoms. The van der Waals surface area contributed by atoms with Crippen LogP contribution in [0.25, 0.3) is 0 Å². The number of hydrogen-bond donors (Lipinski definition) is 1. The molecule has 0 aliphatic carbocycles. The number of nitrogens with one attached hydrogen (secondary N) is 1. The second-order valence-corrected chi connectivity index (χ2v) is 9.27. The molecule has 0 unspecified atom stereocenters. The van der Waals surface area contributed by atoms with Crippen LogP contribution in [0.4, 0.5) is 5.13 Å². The number of aromatic nitrogens is 4. The molecule has 1 N–H and O–H groups in total. The number of rotatable bonds is 12. The summed E-state index contributed by atoms with van der Waals surface area (Å²) < 4.78 is 12.5. The smallest absolute Gasteiger partial charge is 0.311 e. The number of amides is 1. The lowest BCUT2D eigenvalue weighted by atomic mass is 10.3. The van der Waals surface area contributed by atoms with Crippen LogP contribution in [-0.2, 0) is 33.9 Å². The second-order valence-electron chi connectivity index (χ2n) is 6.62. The first kappa shape index (κ1) is 26.0. The Morgan fingerprint density at radius 1 is 1.32 bits per heavy atom. The largest absolute Gasteiger partial charge is 0.484 e. The van der Waals surface area contributed by atoms with Gasteiger partial charge in [0.1, 0.15) is 12.4 Å². The van der Waals surface area contributed by atoms with Gasteiger partial charge in [-0.25, -0.2) is 4.98 Å². The third-order valence-electron chi connectivity index (χ3n) is 4.12. The zero-order valence-corrected chi connectivity index (χ0v) is 21.3. The number of carbonyl (C=O) groups is 2. The van der Waals surface area contributed by atoms with Crippen LogP contribution < -0.4 is 10.1 Å². The number of anilines is 1. The number of allylic oxidation sites excluding steroid dienone is 1. The van der Waals surface area contributed by atoms with Crippen molar-refractivity contribution in [2.45, 2.75) is 31.7 Å². The highest BCUT2D eigenvalue weighted by molar-refractivity contribution is 7.99. The summed E-state index contributed by atoms with van der Waals surface area (Å²) in [5, 5.41) is 14.6. The molecule has 0 fully saturated rings. The first-order chi connectivity index (χ1) is 16.4. The number of nitrogens with zero attached hydrogens (tertiary/aromatic N) is 4. The number of benzene rings is 1. The molecule has 180 valence electrons. The fourth-order valence-corrected chi connectivity index (χ4v) is 4.63. The average Bonchev–Trinajstić information content (AvgIpc) is 3.38. The van der Waals surface area contributed by atoms with Gasteiger partial charge in [-0.2, -0.15) is 0 Å². The van der Waals surface area contributed by atoms with Crippen LogP contribution in [0.15, 0.2) is 41.4 Å². The Morgan fingerprint density at radius 3 is 2.88 bits per heavy atom. The molecule has 2 aromatic heterocycles. The molecule has 0 saturated carbocycles. The van der Waals surface area contributed by atoms with E-state index in [9.17, 15) is 9.59 Å². The maximum Gasteiger partial charge on any atom is 0.311 e. The fraction of sp³-hybridized carbons (Fsp3) is 0.286. The maximum atomic E-state index is 12.4. The van der Waals surface area contributed by atoms with Gasteiger partial charge in [0.15, 0.2) is 16.1 Å². The topological polar surface area (TPSA) is 108 Å². The van der Waals surface area contributed by atoms with E-state index in [1.807, 2.05) is 0 Å². The van der Waals surface area contributed by atoms with Crippen molar-refractivity contribution in [3.63, 3.8) is 0 Å². The summed E-state index contributed by atoms with van der Waals surface area (Å²) in [5.41, 5.74) is 0.544. The molecule has 0 saturated heterocycles. The second kappa shape index (κ2) is 12.7. The van der Waals surface area contributed by atoms with Crippen molar-refractivity contribution in [1.82, 2.24) is 19.7 Å². The molecular weight excluding hydrogens is 521 g/mol. The van der Waals surface area contributed by atoms with Gasteiger partial charge in [0.05, 0.1) is 29.5 Å². The number of halogens is 2. The Balaban J connectivity index is 1.56. The van der Waals surface area contributed by atoms with Crippen LogP contribution in [0.2, 0.25) is 10.0 Å². The molecule has 0 atom stereocenters. The van der Waals surface area contributed by atoms with Gasteiger partial charge in [-0.1, -0.05) is 41.0 Å². The Morgan fingerprint density at radius 2 is 2.15 bits per heavy atom. The number of hydrogen-bond acceptors (Lipinski definition) is 9. The van der Waals surface area contributed by atoms with E-state index in [4.69, 9.17) is 32.7 Å². The van der Waals surface area contributed by atoms with Gasteiger partial charge in [-0.15, -0.1) is 28.1 Å². The van der Waals surface area contributed by atoms with Crippen LogP contribution in [-0.4, -0.2) is 44.0 Å². The van der Waals surface area contributed by atoms with Crippen molar-refractivity contribution in [3.8, 4) is 5.75 Å². The SMILES string of the molecule is C=CCn1c(COc2ccc(Cl)cc2Cl)nnc1SCC(=O)Nc1nc(CC(=O)OCC)cs1. The lowest BCUT2D eigenvalue weighted by Gasteiger charge is -2.10. The van der Waals surface area contributed by atoms with Crippen LogP contribution in [0.5, 0.6) is 5.75 Å². The molecule has 0 spiro atoms. The van der Waals surface area contributed by atoms with Gasteiger partial charge in [-0.3, -0.25) is 14.2 Å². The van der Waals surface area contributed by atoms with E-state index in [2.05, 4.69) is 27.1 Å². The van der Waals surface area contributed by atoms with Crippen molar-refractivity contribution in [3.05, 3.63) is 57.8 Å². The minimum Gasteiger partial charge on any atom is -0.484 e. The van der Waals surface area contributed by atoms with E-state index in [1.165, 1.54) is 23.1 Å². The van der Waals surface area contributed by atoms with E-state index >= 15 is 0 Å². The number of carbonyl (C=O) groups excluding carboxylic acids is 2. The molecule has 1 amide bonds. The molecule has 3 rings (SSSR count). The van der Waals surface area contributed by atoms with Gasteiger partial charge < -0.3 is 14.8 Å². The van der Waals surface area contributed by atoms with E-state index in [0.717, 1.165) is 0 Å². The minimum atomic E-state index is -0.360. The van der Waals surface area contributed by atoms with Gasteiger partial charge in [-0.05, 0) is 25.1 Å². The molecule has 13 heteroatoms. The lowest BCUT2D eigenvalue weighted by molar-refractivity contribution is -0.142. The number of esters is 1. The van der Waals surface area contributed by atoms with Gasteiger partial charge in [0.2, 0.25) is 5.91 Å². The lowest BCUT2D eigenvalue weighted by Crippen LogP contribution is -2.15. The zero-order chi connectivity index (χ0) is 24.5. The highest BCUT2D eigenvalue weighted by Crippen LogP contribution is 2.28. The summed E-state index contributed by atoms with van der Waals surface area (Å²) in [6.07, 6.45) is 1.76. The predicted octanol–water partition coefficient (Wildman–Crippen LogP) is 4.64. The normalized spacial score (nSPS) is 10.7. The van der Waals surface area contributed by atoms with Crippen molar-refractivity contribution < 1.29 is 19.1 Å². The van der Waals surface area contributed by atoms with Crippen LogP contribution in [0.1, 0.15) is 18.4 Å². The fourth-order valence-electron chi connectivity index (χ4n) is 2.67. The highest BCUT2D eigenvalue weighted by Gasteiger charge is 2.16. The van der Waals surface area contributed by atoms with E-state index in [-0.39, 0.29) is 30.7 Å².